The molecule has 0 aromatic carbocycles. The average Bonchev–Trinajstić information content (AvgIpc) is 2.50. The Morgan fingerprint density at radius 2 is 1.45 bits per heavy atom. The van der Waals surface area contributed by atoms with E-state index in [2.05, 4.69) is 15.5 Å². The van der Waals surface area contributed by atoms with Gasteiger partial charge in [-0.1, -0.05) is 0 Å². The van der Waals surface area contributed by atoms with Gasteiger partial charge in [0.2, 0.25) is 0 Å². The van der Waals surface area contributed by atoms with Gasteiger partial charge in [0.1, 0.15) is 0 Å². The standard InChI is InChI=1S/C13H30N5O3.Fm/c14-1-9-20-11-7-18(8-12-21-10-2-15)6-5-16-3-4-17-13-19;/h16H,1-12,14-15H2,(H,17,19);/q-1;. The quantitative estimate of drug-likeness (QED) is 0.0882. The summed E-state index contributed by atoms with van der Waals surface area (Å²) in [5.41, 5.74) is 10.8. The Kier molecular flexibility index (Phi) is 19.7. The zero-order valence-corrected chi connectivity index (χ0v) is 15.5. The summed E-state index contributed by atoms with van der Waals surface area (Å²) in [6.45, 7) is 8.32. The second-order valence-electron chi connectivity index (χ2n) is 4.42. The summed E-state index contributed by atoms with van der Waals surface area (Å²) in [4.78, 5) is 12.2. The molecule has 1 amide bonds. The van der Waals surface area contributed by atoms with E-state index in [4.69, 9.17) is 20.9 Å². The summed E-state index contributed by atoms with van der Waals surface area (Å²) in [6.07, 6.45) is 1.64. The topological polar surface area (TPSA) is 115 Å². The summed E-state index contributed by atoms with van der Waals surface area (Å²) >= 11 is 0. The molecule has 0 aliphatic rings. The van der Waals surface area contributed by atoms with Gasteiger partial charge in [0, 0.05) is 45.8 Å². The number of ether oxygens (including phenoxy) is 2. The molecular weight excluding hydrogens is 531 g/mol. The number of hydrogen-bond acceptors (Lipinski definition) is 7. The van der Waals surface area contributed by atoms with E-state index < -0.39 is 0 Å². The molecule has 0 atom stereocenters. The molecule has 0 radical (unpaired) electrons. The van der Waals surface area contributed by atoms with Crippen LogP contribution in [0.2, 0.25) is 0 Å². The Morgan fingerprint density at radius 3 is 1.95 bits per heavy atom. The molecule has 0 aromatic rings. The molecule has 0 fully saturated rings. The van der Waals surface area contributed by atoms with Crippen molar-refractivity contribution in [1.82, 2.24) is 15.5 Å². The molecule has 138 valence electrons. The smallest absolute Gasteiger partial charge is 0.0594 e. The first-order valence-corrected chi connectivity index (χ1v) is 7.43. The molecule has 6 N–H and O–H groups in total. The van der Waals surface area contributed by atoms with E-state index in [1.54, 1.807) is 6.41 Å². The van der Waals surface area contributed by atoms with Gasteiger partial charge in [-0.15, -0.1) is 0 Å². The normalized spacial score (nSPS) is 10.5. The van der Waals surface area contributed by atoms with Crippen LogP contribution in [0, 0.1) is 0 Å². The minimum atomic E-state index is 0. The van der Waals surface area contributed by atoms with Crippen molar-refractivity contribution in [3.05, 3.63) is 0 Å². The van der Waals surface area contributed by atoms with Gasteiger partial charge < -0.3 is 36.4 Å². The number of nitrogens with one attached hydrogen (secondary N) is 2. The van der Waals surface area contributed by atoms with E-state index in [1.165, 1.54) is 0 Å². The Hall–Kier alpha value is -1.77. The molecule has 0 saturated heterocycles. The van der Waals surface area contributed by atoms with Crippen molar-refractivity contribution >= 4 is 6.41 Å². The molecular formula is C13H30FmN5O3-. The second kappa shape index (κ2) is 19.2. The van der Waals surface area contributed by atoms with Crippen molar-refractivity contribution in [2.45, 2.75) is 0 Å². The maximum absolute atomic E-state index is 9.97. The number of carbonyl (C=O) groups excluding carboxylic acids is 1. The minimum Gasteiger partial charge on any atom is -0.529 e. The van der Waals surface area contributed by atoms with Crippen LogP contribution >= 0.6 is 0 Å². The maximum Gasteiger partial charge on any atom is 0.0594 e. The van der Waals surface area contributed by atoms with Gasteiger partial charge in [-0.2, -0.15) is 6.41 Å². The van der Waals surface area contributed by atoms with Crippen molar-refractivity contribution in [2.75, 3.05) is 78.8 Å². The zero-order valence-electron chi connectivity index (χ0n) is 13.1. The van der Waals surface area contributed by atoms with Crippen LogP contribution in [0.3, 0.4) is 0 Å². The van der Waals surface area contributed by atoms with E-state index in [0.717, 1.165) is 32.7 Å². The summed E-state index contributed by atoms with van der Waals surface area (Å²) in [7, 11) is 0. The van der Waals surface area contributed by atoms with Crippen molar-refractivity contribution in [3.63, 3.8) is 0 Å². The molecule has 0 bridgehead atoms. The first kappa shape index (κ1) is 22.5. The number of rotatable bonds is 17. The van der Waals surface area contributed by atoms with E-state index in [9.17, 15) is 4.79 Å². The fourth-order valence-electron chi connectivity index (χ4n) is 1.66. The molecule has 22 heavy (non-hydrogen) atoms. The van der Waals surface area contributed by atoms with Crippen LogP contribution in [0.15, 0.2) is 0 Å². The molecule has 0 rings (SSSR count). The Morgan fingerprint density at radius 1 is 0.864 bits per heavy atom. The second-order valence-corrected chi connectivity index (χ2v) is 4.42. The Balaban J connectivity index is 0. The fourth-order valence-corrected chi connectivity index (χ4v) is 1.66. The third-order valence-corrected chi connectivity index (χ3v) is 2.73. The van der Waals surface area contributed by atoms with E-state index in [1.807, 2.05) is 0 Å². The van der Waals surface area contributed by atoms with Crippen LogP contribution < -0.4 is 22.1 Å². The SMILES string of the molecule is NCCOCCN(CCNCCN[C-]=O)CCOCCN.[Fm]. The molecule has 0 aliphatic carbocycles. The van der Waals surface area contributed by atoms with Crippen LogP contribution in [0.5, 0.6) is 0 Å². The summed E-state index contributed by atoms with van der Waals surface area (Å²) in [6, 6.07) is 0. The van der Waals surface area contributed by atoms with Gasteiger partial charge in [0.15, 0.2) is 0 Å². The summed E-state index contributed by atoms with van der Waals surface area (Å²) in [5.74, 6) is 0. The molecule has 8 nitrogen and oxygen atoms in total. The molecule has 0 spiro atoms. The Bertz CT molecular complexity index is 216. The molecule has 9 heteroatoms. The predicted molar refractivity (Wildman–Crippen MR) is 82.8 cm³/mol. The minimum absolute atomic E-state index is 0. The van der Waals surface area contributed by atoms with Crippen molar-refractivity contribution in [3.8, 4) is 0 Å². The van der Waals surface area contributed by atoms with E-state index >= 15 is 0 Å². The van der Waals surface area contributed by atoms with Gasteiger partial charge in [-0.25, -0.2) is 0 Å². The maximum atomic E-state index is 9.97. The molecule has 0 aliphatic heterocycles. The molecule has 0 aromatic heterocycles. The number of hydrogen-bond donors (Lipinski definition) is 4. The molecule has 0 unspecified atom stereocenters. The van der Waals surface area contributed by atoms with Crippen LogP contribution in [0.4, 0.5) is 0 Å². The largest absolute Gasteiger partial charge is 0.529 e. The third kappa shape index (κ3) is 16.3. The van der Waals surface area contributed by atoms with Crippen LogP contribution in [0.25, 0.3) is 0 Å². The van der Waals surface area contributed by atoms with Gasteiger partial charge in [0.05, 0.1) is 26.4 Å². The molecule has 0 saturated carbocycles. The van der Waals surface area contributed by atoms with Gasteiger partial charge in [-0.05, 0) is 6.54 Å². The van der Waals surface area contributed by atoms with Crippen molar-refractivity contribution in [2.24, 2.45) is 11.5 Å². The number of nitrogens with two attached hydrogens (primary N) is 2. The number of nitrogens with zero attached hydrogens (tertiary/aromatic N) is 1. The predicted octanol–water partition coefficient (Wildman–Crippen LogP) is -2.51. The van der Waals surface area contributed by atoms with Gasteiger partial charge in [-0.3, -0.25) is 4.90 Å². The average molecular weight is 561 g/mol. The summed E-state index contributed by atoms with van der Waals surface area (Å²) in [5, 5.41) is 5.74. The first-order valence-electron chi connectivity index (χ1n) is 7.43. The van der Waals surface area contributed by atoms with Gasteiger partial charge in [0.25, 0.3) is 0 Å². The third-order valence-electron chi connectivity index (χ3n) is 2.73. The van der Waals surface area contributed by atoms with Crippen molar-refractivity contribution < 1.29 is 14.3 Å². The molecule has 0 heterocycles. The zero-order chi connectivity index (χ0) is 15.6. The van der Waals surface area contributed by atoms with Crippen LogP contribution in [-0.2, 0) is 14.3 Å². The van der Waals surface area contributed by atoms with E-state index in [-0.39, 0.29) is 0 Å². The first-order chi connectivity index (χ1) is 10.3. The van der Waals surface area contributed by atoms with Gasteiger partial charge >= 0.3 is 0 Å². The summed E-state index contributed by atoms with van der Waals surface area (Å²) < 4.78 is 10.8. The van der Waals surface area contributed by atoms with E-state index in [0.29, 0.717) is 46.1 Å². The monoisotopic (exact) mass is 561 g/mol. The van der Waals surface area contributed by atoms with Crippen LogP contribution in [-0.4, -0.2) is 90.1 Å². The Labute approximate surface area is 127 Å². The van der Waals surface area contributed by atoms with Crippen LogP contribution in [0.1, 0.15) is 0 Å². The number of amides is 1. The fraction of sp³-hybridized carbons (Fsp3) is 0.923. The van der Waals surface area contributed by atoms with Crippen molar-refractivity contribution in [1.29, 1.82) is 0 Å².